The minimum atomic E-state index is -0.292. The van der Waals surface area contributed by atoms with E-state index in [2.05, 4.69) is 19.6 Å². The first kappa shape index (κ1) is 15.6. The Labute approximate surface area is 147 Å². The van der Waals surface area contributed by atoms with Crippen LogP contribution in [0.15, 0.2) is 61.4 Å². The van der Waals surface area contributed by atoms with E-state index in [4.69, 9.17) is 0 Å². The highest BCUT2D eigenvalue weighted by Gasteiger charge is 2.36. The number of amides is 1. The van der Waals surface area contributed by atoms with Crippen molar-refractivity contribution in [1.82, 2.24) is 4.57 Å². The summed E-state index contributed by atoms with van der Waals surface area (Å²) in [5.74, 6) is 0.120. The molecule has 2 heterocycles. The molecule has 0 saturated heterocycles. The molecule has 4 rings (SSSR count). The molecule has 25 heavy (non-hydrogen) atoms. The van der Waals surface area contributed by atoms with E-state index >= 15 is 0 Å². The summed E-state index contributed by atoms with van der Waals surface area (Å²) in [7, 11) is 0. The number of anilines is 1. The van der Waals surface area contributed by atoms with Crippen LogP contribution < -0.4 is 9.47 Å². The maximum atomic E-state index is 13.3. The van der Waals surface area contributed by atoms with Crippen LogP contribution in [0.4, 0.5) is 5.69 Å². The molecule has 0 fully saturated rings. The average Bonchev–Trinajstić information content (AvgIpc) is 3.17. The van der Waals surface area contributed by atoms with Crippen molar-refractivity contribution < 1.29 is 9.36 Å². The van der Waals surface area contributed by atoms with Crippen molar-refractivity contribution >= 4 is 28.8 Å². The molecule has 4 nitrogen and oxygen atoms in total. The minimum absolute atomic E-state index is 0.120. The normalized spacial score (nSPS) is 17.5. The van der Waals surface area contributed by atoms with E-state index < -0.39 is 0 Å². The lowest BCUT2D eigenvalue weighted by Gasteiger charge is -2.24. The first-order valence-electron chi connectivity index (χ1n) is 8.66. The Kier molecular flexibility index (Phi) is 3.68. The van der Waals surface area contributed by atoms with Gasteiger partial charge >= 0.3 is 0 Å². The van der Waals surface area contributed by atoms with E-state index in [0.29, 0.717) is 0 Å². The first-order chi connectivity index (χ1) is 12.1. The van der Waals surface area contributed by atoms with Gasteiger partial charge < -0.3 is 4.90 Å². The van der Waals surface area contributed by atoms with Crippen LogP contribution in [0.3, 0.4) is 0 Å². The van der Waals surface area contributed by atoms with Gasteiger partial charge in [0.25, 0.3) is 5.91 Å². The zero-order valence-electron chi connectivity index (χ0n) is 14.6. The molecule has 2 atom stereocenters. The lowest BCUT2D eigenvalue weighted by Crippen LogP contribution is -2.49. The van der Waals surface area contributed by atoms with Gasteiger partial charge in [-0.2, -0.15) is 0 Å². The maximum absolute atomic E-state index is 13.3. The van der Waals surface area contributed by atoms with Gasteiger partial charge in [0, 0.05) is 11.7 Å². The number of fused-ring (bicyclic) bond motifs is 2. The van der Waals surface area contributed by atoms with Gasteiger partial charge in [-0.15, -0.1) is 0 Å². The van der Waals surface area contributed by atoms with E-state index in [-0.39, 0.29) is 18.0 Å². The molecule has 1 aliphatic rings. The molecule has 0 bridgehead atoms. The number of hydrogen-bond acceptors (Lipinski definition) is 1. The van der Waals surface area contributed by atoms with E-state index in [1.54, 1.807) is 6.20 Å². The molecular formula is C21H22N3O+. The van der Waals surface area contributed by atoms with Gasteiger partial charge in [0.05, 0.1) is 6.20 Å². The minimum Gasteiger partial charge on any atom is -0.305 e. The molecule has 0 aliphatic carbocycles. The van der Waals surface area contributed by atoms with Gasteiger partial charge in [-0.3, -0.25) is 4.79 Å². The number of hydrogen-bond donors (Lipinski definition) is 0. The number of rotatable bonds is 3. The summed E-state index contributed by atoms with van der Waals surface area (Å²) in [6, 6.07) is 16.2. The van der Waals surface area contributed by atoms with Crippen molar-refractivity contribution in [3.63, 3.8) is 0 Å². The van der Waals surface area contributed by atoms with Gasteiger partial charge in [0.2, 0.25) is 6.33 Å². The second-order valence-electron chi connectivity index (χ2n) is 6.67. The second kappa shape index (κ2) is 5.88. The van der Waals surface area contributed by atoms with Crippen molar-refractivity contribution in [3.05, 3.63) is 67.0 Å². The average molecular weight is 332 g/mol. The molecule has 0 saturated carbocycles. The van der Waals surface area contributed by atoms with E-state index in [1.165, 1.54) is 5.56 Å². The van der Waals surface area contributed by atoms with Crippen LogP contribution in [0, 0.1) is 0 Å². The Bertz CT molecular complexity index is 972. The molecule has 0 N–H and O–H groups in total. The number of aromatic nitrogens is 2. The molecule has 0 unspecified atom stereocenters. The van der Waals surface area contributed by atoms with Crippen molar-refractivity contribution in [2.75, 3.05) is 4.90 Å². The van der Waals surface area contributed by atoms with Crippen LogP contribution in [0.2, 0.25) is 0 Å². The van der Waals surface area contributed by atoms with Crippen molar-refractivity contribution in [2.24, 2.45) is 0 Å². The monoisotopic (exact) mass is 332 g/mol. The summed E-state index contributed by atoms with van der Waals surface area (Å²) in [5, 5.41) is 0. The van der Waals surface area contributed by atoms with Crippen LogP contribution >= 0.6 is 0 Å². The number of nitrogens with zero attached hydrogens (tertiary/aromatic N) is 3. The van der Waals surface area contributed by atoms with Gasteiger partial charge in [0.1, 0.15) is 0 Å². The van der Waals surface area contributed by atoms with Crippen molar-refractivity contribution in [1.29, 1.82) is 0 Å². The van der Waals surface area contributed by atoms with E-state index in [9.17, 15) is 4.79 Å². The molecule has 4 heteroatoms. The van der Waals surface area contributed by atoms with Crippen LogP contribution in [0.1, 0.15) is 25.5 Å². The molecule has 126 valence electrons. The predicted molar refractivity (Wildman–Crippen MR) is 100 cm³/mol. The Morgan fingerprint density at radius 3 is 2.76 bits per heavy atom. The highest BCUT2D eigenvalue weighted by molar-refractivity contribution is 5.97. The van der Waals surface area contributed by atoms with Gasteiger partial charge in [0.15, 0.2) is 17.1 Å². The fraction of sp³-hybridized carbons (Fsp3) is 0.238. The largest absolute Gasteiger partial charge is 0.305 e. The van der Waals surface area contributed by atoms with Gasteiger partial charge in [-0.1, -0.05) is 36.9 Å². The fourth-order valence-electron chi connectivity index (χ4n) is 3.84. The summed E-state index contributed by atoms with van der Waals surface area (Å²) in [5.41, 5.74) is 4.37. The van der Waals surface area contributed by atoms with Crippen LogP contribution in [-0.2, 0) is 11.2 Å². The lowest BCUT2D eigenvalue weighted by molar-refractivity contribution is -0.681. The number of benzene rings is 2. The Hall–Kier alpha value is -2.88. The molecule has 0 spiro atoms. The molecule has 3 aromatic rings. The van der Waals surface area contributed by atoms with Gasteiger partial charge in [-0.25, -0.2) is 9.13 Å². The summed E-state index contributed by atoms with van der Waals surface area (Å²) in [6.07, 6.45) is 4.63. The molecule has 0 radical (unpaired) electrons. The number of carbonyl (C=O) groups is 1. The Morgan fingerprint density at radius 1 is 1.24 bits per heavy atom. The predicted octanol–water partition coefficient (Wildman–Crippen LogP) is 3.57. The molecule has 1 amide bonds. The summed E-state index contributed by atoms with van der Waals surface area (Å²) < 4.78 is 3.99. The summed E-state index contributed by atoms with van der Waals surface area (Å²) >= 11 is 0. The first-order valence-corrected chi connectivity index (χ1v) is 8.66. The van der Waals surface area contributed by atoms with E-state index in [1.807, 2.05) is 69.7 Å². The topological polar surface area (TPSA) is 29.1 Å². The van der Waals surface area contributed by atoms with E-state index in [0.717, 1.165) is 23.1 Å². The SMILES string of the molecule is C=Cn1c[n+]([C@@H](C)C(=O)N2c3ccccc3C[C@H]2C)c2ccccc21. The maximum Gasteiger partial charge on any atom is 0.272 e. The van der Waals surface area contributed by atoms with Crippen LogP contribution in [0.25, 0.3) is 17.2 Å². The summed E-state index contributed by atoms with van der Waals surface area (Å²) in [6.45, 7) is 7.95. The Balaban J connectivity index is 1.76. The highest BCUT2D eigenvalue weighted by atomic mass is 16.2. The van der Waals surface area contributed by atoms with Crippen molar-refractivity contribution in [3.8, 4) is 0 Å². The third-order valence-corrected chi connectivity index (χ3v) is 5.10. The standard InChI is InChI=1S/C21H22N3O/c1-4-22-14-23(20-12-8-7-11-19(20)22)16(3)21(25)24-15(2)13-17-9-5-6-10-18(17)24/h4-12,14-16H,1,13H2,2-3H3/q+1/t15-,16+/m1/s1. The smallest absolute Gasteiger partial charge is 0.272 e. The highest BCUT2D eigenvalue weighted by Crippen LogP contribution is 2.33. The zero-order valence-corrected chi connectivity index (χ0v) is 14.6. The Morgan fingerprint density at radius 2 is 1.96 bits per heavy atom. The molecule has 1 aromatic heterocycles. The van der Waals surface area contributed by atoms with Crippen LogP contribution in [0.5, 0.6) is 0 Å². The number of para-hydroxylation sites is 3. The third-order valence-electron chi connectivity index (χ3n) is 5.10. The quantitative estimate of drug-likeness (QED) is 0.674. The number of carbonyl (C=O) groups excluding carboxylic acids is 1. The summed E-state index contributed by atoms with van der Waals surface area (Å²) in [4.78, 5) is 15.3. The van der Waals surface area contributed by atoms with Crippen molar-refractivity contribution in [2.45, 2.75) is 32.4 Å². The number of imidazole rings is 1. The third kappa shape index (κ3) is 2.37. The molecule has 1 aliphatic heterocycles. The zero-order chi connectivity index (χ0) is 17.6. The lowest BCUT2D eigenvalue weighted by atomic mass is 10.1. The van der Waals surface area contributed by atoms with Gasteiger partial charge in [-0.05, 0) is 44.0 Å². The molecule has 2 aromatic carbocycles. The molecular weight excluding hydrogens is 310 g/mol. The van der Waals surface area contributed by atoms with Crippen LogP contribution in [-0.4, -0.2) is 16.5 Å². The second-order valence-corrected chi connectivity index (χ2v) is 6.67. The fourth-order valence-corrected chi connectivity index (χ4v) is 3.84.